The van der Waals surface area contributed by atoms with Crippen LogP contribution >= 0.6 is 0 Å². The van der Waals surface area contributed by atoms with Gasteiger partial charge in [-0.05, 0) is 42.5 Å². The van der Waals surface area contributed by atoms with Crippen LogP contribution in [-0.2, 0) is 14.8 Å². The minimum absolute atomic E-state index is 0.0464. The van der Waals surface area contributed by atoms with E-state index in [2.05, 4.69) is 27.4 Å². The Morgan fingerprint density at radius 3 is 2.50 bits per heavy atom. The van der Waals surface area contributed by atoms with E-state index in [1.165, 1.54) is 12.1 Å². The fraction of sp³-hybridized carbons (Fsp3) is 0.235. The number of ether oxygens (including phenoxy) is 1. The second kappa shape index (κ2) is 6.60. The Bertz CT molecular complexity index is 1020. The number of fused-ring (bicyclic) bond motifs is 1. The first kappa shape index (κ1) is 16.8. The van der Waals surface area contributed by atoms with Gasteiger partial charge in [0.1, 0.15) is 6.33 Å². The topological polar surface area (TPSA) is 102 Å². The summed E-state index contributed by atoms with van der Waals surface area (Å²) in [5.41, 5.74) is 6.61. The first-order valence-electron chi connectivity index (χ1n) is 8.20. The number of anilines is 2. The number of morpholine rings is 1. The molecule has 0 amide bonds. The Morgan fingerprint density at radius 2 is 1.81 bits per heavy atom. The van der Waals surface area contributed by atoms with Crippen LogP contribution in [0.2, 0.25) is 0 Å². The van der Waals surface area contributed by atoms with Gasteiger partial charge >= 0.3 is 0 Å². The summed E-state index contributed by atoms with van der Waals surface area (Å²) in [5.74, 6) is 0. The second-order valence-electron chi connectivity index (χ2n) is 6.07. The van der Waals surface area contributed by atoms with Crippen molar-refractivity contribution < 1.29 is 13.2 Å². The summed E-state index contributed by atoms with van der Waals surface area (Å²) in [6.07, 6.45) is 1.60. The molecule has 0 bridgehead atoms. The van der Waals surface area contributed by atoms with Crippen molar-refractivity contribution in [1.29, 1.82) is 0 Å². The summed E-state index contributed by atoms with van der Waals surface area (Å²) >= 11 is 0. The molecular weight excluding hydrogens is 354 g/mol. The van der Waals surface area contributed by atoms with E-state index < -0.39 is 10.0 Å². The number of rotatable bonds is 4. The molecule has 8 nitrogen and oxygen atoms in total. The van der Waals surface area contributed by atoms with Crippen molar-refractivity contribution in [2.24, 2.45) is 5.14 Å². The molecule has 4 rings (SSSR count). The van der Waals surface area contributed by atoms with Crippen LogP contribution in [0, 0.1) is 0 Å². The van der Waals surface area contributed by atoms with Crippen LogP contribution in [0.1, 0.15) is 0 Å². The SMILES string of the molecule is NS(=O)(=O)c1ccc2c(c1)ncn2Nc1ccc(N2CCOCC2)cc1. The number of primary sulfonamides is 1. The molecule has 0 saturated carbocycles. The number of nitrogens with one attached hydrogen (secondary N) is 1. The van der Waals surface area contributed by atoms with Gasteiger partial charge in [0, 0.05) is 18.8 Å². The van der Waals surface area contributed by atoms with E-state index in [1.54, 1.807) is 17.1 Å². The third-order valence-corrected chi connectivity index (χ3v) is 5.25. The maximum Gasteiger partial charge on any atom is 0.238 e. The predicted octanol–water partition coefficient (Wildman–Crippen LogP) is 1.40. The average molecular weight is 373 g/mol. The maximum absolute atomic E-state index is 11.5. The Balaban J connectivity index is 1.55. The number of imidazole rings is 1. The van der Waals surface area contributed by atoms with Crippen molar-refractivity contribution in [1.82, 2.24) is 9.66 Å². The molecule has 9 heteroatoms. The number of nitrogens with two attached hydrogens (primary N) is 1. The van der Waals surface area contributed by atoms with Crippen molar-refractivity contribution in [2.75, 3.05) is 36.6 Å². The minimum atomic E-state index is -3.74. The Kier molecular flexibility index (Phi) is 4.27. The lowest BCUT2D eigenvalue weighted by molar-refractivity contribution is 0.122. The number of hydrogen-bond acceptors (Lipinski definition) is 6. The van der Waals surface area contributed by atoms with Gasteiger partial charge in [-0.1, -0.05) is 0 Å². The molecule has 0 radical (unpaired) electrons. The van der Waals surface area contributed by atoms with E-state index in [4.69, 9.17) is 9.88 Å². The van der Waals surface area contributed by atoms with Crippen LogP contribution < -0.4 is 15.5 Å². The summed E-state index contributed by atoms with van der Waals surface area (Å²) in [6, 6.07) is 12.7. The van der Waals surface area contributed by atoms with Gasteiger partial charge in [-0.15, -0.1) is 0 Å². The van der Waals surface area contributed by atoms with Crippen LogP contribution in [0.25, 0.3) is 11.0 Å². The van der Waals surface area contributed by atoms with Crippen LogP contribution in [-0.4, -0.2) is 44.4 Å². The lowest BCUT2D eigenvalue weighted by atomic mass is 10.2. The van der Waals surface area contributed by atoms with Crippen molar-refractivity contribution in [3.05, 3.63) is 48.8 Å². The van der Waals surface area contributed by atoms with Gasteiger partial charge in [-0.2, -0.15) is 0 Å². The molecule has 1 aliphatic heterocycles. The van der Waals surface area contributed by atoms with Crippen molar-refractivity contribution in [3.63, 3.8) is 0 Å². The lowest BCUT2D eigenvalue weighted by Gasteiger charge is -2.29. The number of sulfonamides is 1. The molecule has 3 N–H and O–H groups in total. The van der Waals surface area contributed by atoms with E-state index in [0.717, 1.165) is 43.2 Å². The monoisotopic (exact) mass is 373 g/mol. The Hall–Kier alpha value is -2.62. The standard InChI is InChI=1S/C17H19N5O3S/c18-26(23,24)15-5-6-17-16(11-15)19-12-22(17)20-13-1-3-14(4-2-13)21-7-9-25-10-8-21/h1-6,11-12,20H,7-10H2,(H2,18,23,24). The fourth-order valence-corrected chi connectivity index (χ4v) is 3.50. The molecule has 26 heavy (non-hydrogen) atoms. The molecule has 0 atom stereocenters. The summed E-state index contributed by atoms with van der Waals surface area (Å²) < 4.78 is 30.0. The van der Waals surface area contributed by atoms with E-state index in [-0.39, 0.29) is 4.90 Å². The van der Waals surface area contributed by atoms with Crippen LogP contribution in [0.3, 0.4) is 0 Å². The summed E-state index contributed by atoms with van der Waals surface area (Å²) in [6.45, 7) is 3.29. The van der Waals surface area contributed by atoms with Gasteiger partial charge in [0.25, 0.3) is 0 Å². The molecule has 1 aromatic heterocycles. The molecule has 0 aliphatic carbocycles. The Labute approximate surface area is 151 Å². The first-order valence-corrected chi connectivity index (χ1v) is 9.75. The largest absolute Gasteiger partial charge is 0.378 e. The average Bonchev–Trinajstić information content (AvgIpc) is 3.05. The highest BCUT2D eigenvalue weighted by atomic mass is 32.2. The van der Waals surface area contributed by atoms with Crippen LogP contribution in [0.15, 0.2) is 53.7 Å². The molecule has 2 aromatic carbocycles. The van der Waals surface area contributed by atoms with Gasteiger partial charge in [0.2, 0.25) is 10.0 Å². The van der Waals surface area contributed by atoms with Gasteiger partial charge in [0.15, 0.2) is 0 Å². The number of hydrogen-bond donors (Lipinski definition) is 2. The molecule has 1 saturated heterocycles. The van der Waals surface area contributed by atoms with E-state index >= 15 is 0 Å². The maximum atomic E-state index is 11.5. The molecule has 0 unspecified atom stereocenters. The second-order valence-corrected chi connectivity index (χ2v) is 7.63. The van der Waals surface area contributed by atoms with Crippen molar-refractivity contribution in [3.8, 4) is 0 Å². The molecule has 1 aliphatic rings. The van der Waals surface area contributed by atoms with E-state index in [9.17, 15) is 8.42 Å². The smallest absolute Gasteiger partial charge is 0.238 e. The number of aromatic nitrogens is 2. The molecule has 3 aromatic rings. The highest BCUT2D eigenvalue weighted by Crippen LogP contribution is 2.21. The van der Waals surface area contributed by atoms with Crippen molar-refractivity contribution >= 4 is 32.4 Å². The number of nitrogens with zero attached hydrogens (tertiary/aromatic N) is 3. The molecule has 0 spiro atoms. The molecule has 136 valence electrons. The highest BCUT2D eigenvalue weighted by Gasteiger charge is 2.12. The van der Waals surface area contributed by atoms with Crippen molar-refractivity contribution in [2.45, 2.75) is 4.90 Å². The van der Waals surface area contributed by atoms with E-state index in [1.807, 2.05) is 12.1 Å². The lowest BCUT2D eigenvalue weighted by Crippen LogP contribution is -2.36. The Morgan fingerprint density at radius 1 is 1.08 bits per heavy atom. The van der Waals surface area contributed by atoms with Crippen LogP contribution in [0.4, 0.5) is 11.4 Å². The minimum Gasteiger partial charge on any atom is -0.378 e. The zero-order valence-corrected chi connectivity index (χ0v) is 14.8. The summed E-state index contributed by atoms with van der Waals surface area (Å²) in [5, 5.41) is 5.16. The summed E-state index contributed by atoms with van der Waals surface area (Å²) in [7, 11) is -3.74. The summed E-state index contributed by atoms with van der Waals surface area (Å²) in [4.78, 5) is 6.57. The van der Waals surface area contributed by atoms with E-state index in [0.29, 0.717) is 5.52 Å². The zero-order valence-electron chi connectivity index (χ0n) is 14.0. The highest BCUT2D eigenvalue weighted by molar-refractivity contribution is 7.89. The van der Waals surface area contributed by atoms with Gasteiger partial charge in [-0.25, -0.2) is 23.2 Å². The third-order valence-electron chi connectivity index (χ3n) is 4.34. The molecule has 1 fully saturated rings. The fourth-order valence-electron chi connectivity index (χ4n) is 2.97. The number of benzene rings is 2. The molecule has 2 heterocycles. The van der Waals surface area contributed by atoms with Gasteiger partial charge in [-0.3, -0.25) is 5.43 Å². The first-order chi connectivity index (χ1) is 12.5. The van der Waals surface area contributed by atoms with Gasteiger partial charge in [0.05, 0.1) is 34.8 Å². The van der Waals surface area contributed by atoms with Gasteiger partial charge < -0.3 is 9.64 Å². The predicted molar refractivity (Wildman–Crippen MR) is 99.6 cm³/mol. The normalized spacial score (nSPS) is 15.3. The molecular formula is C17H19N5O3S. The zero-order chi connectivity index (χ0) is 18.1. The third kappa shape index (κ3) is 3.36. The quantitative estimate of drug-likeness (QED) is 0.717. The van der Waals surface area contributed by atoms with Crippen LogP contribution in [0.5, 0.6) is 0 Å².